The fraction of sp³-hybridized carbons (Fsp3) is 0.333. The van der Waals surface area contributed by atoms with E-state index in [1.807, 2.05) is 18.2 Å². The molecule has 5 nitrogen and oxygen atoms in total. The molecule has 0 aliphatic rings. The molecule has 1 aromatic carbocycles. The van der Waals surface area contributed by atoms with Crippen molar-refractivity contribution in [3.8, 4) is 0 Å². The number of amides is 1. The van der Waals surface area contributed by atoms with Gasteiger partial charge in [-0.1, -0.05) is 12.1 Å². The Balaban J connectivity index is 2.23. The lowest BCUT2D eigenvalue weighted by Crippen LogP contribution is -2.36. The summed E-state index contributed by atoms with van der Waals surface area (Å²) in [5, 5.41) is 0.833. The molecule has 0 N–H and O–H groups in total. The lowest BCUT2D eigenvalue weighted by Gasteiger charge is -2.18. The molecule has 112 valence electrons. The van der Waals surface area contributed by atoms with Crippen molar-refractivity contribution in [2.24, 2.45) is 0 Å². The molecule has 0 spiro atoms. The third kappa shape index (κ3) is 3.44. The van der Waals surface area contributed by atoms with Crippen LogP contribution in [0.2, 0.25) is 0 Å². The smallest absolute Gasteiger partial charge is 0.325 e. The van der Waals surface area contributed by atoms with E-state index in [4.69, 9.17) is 9.15 Å². The number of ether oxygens (including phenoxy) is 1. The number of rotatable bonds is 5. The van der Waals surface area contributed by atoms with E-state index in [2.05, 4.69) is 15.9 Å². The van der Waals surface area contributed by atoms with Gasteiger partial charge in [0.2, 0.25) is 0 Å². The summed E-state index contributed by atoms with van der Waals surface area (Å²) in [7, 11) is 0. The van der Waals surface area contributed by atoms with Crippen molar-refractivity contribution in [3.05, 3.63) is 34.5 Å². The van der Waals surface area contributed by atoms with Gasteiger partial charge in [-0.3, -0.25) is 9.59 Å². The van der Waals surface area contributed by atoms with E-state index in [0.717, 1.165) is 9.86 Å². The normalized spacial score (nSPS) is 10.6. The Bertz CT molecular complexity index is 665. The highest BCUT2D eigenvalue weighted by molar-refractivity contribution is 9.10. The number of furan rings is 1. The summed E-state index contributed by atoms with van der Waals surface area (Å²) in [5.41, 5.74) is 0.619. The second kappa shape index (κ2) is 6.76. The molecule has 0 radical (unpaired) electrons. The molecule has 0 unspecified atom stereocenters. The van der Waals surface area contributed by atoms with Crippen LogP contribution in [0.3, 0.4) is 0 Å². The van der Waals surface area contributed by atoms with Crippen LogP contribution < -0.4 is 0 Å². The molecule has 0 aliphatic carbocycles. The van der Waals surface area contributed by atoms with E-state index >= 15 is 0 Å². The van der Waals surface area contributed by atoms with Gasteiger partial charge in [-0.2, -0.15) is 0 Å². The summed E-state index contributed by atoms with van der Waals surface area (Å²) in [6.45, 7) is 4.14. The van der Waals surface area contributed by atoms with Gasteiger partial charge in [-0.25, -0.2) is 0 Å². The molecule has 1 heterocycles. The molecule has 2 aromatic rings. The minimum Gasteiger partial charge on any atom is -0.465 e. The summed E-state index contributed by atoms with van der Waals surface area (Å²) >= 11 is 3.38. The first-order valence-electron chi connectivity index (χ1n) is 6.69. The van der Waals surface area contributed by atoms with E-state index in [1.165, 1.54) is 4.90 Å². The first-order chi connectivity index (χ1) is 10.1. The van der Waals surface area contributed by atoms with Crippen LogP contribution in [0.5, 0.6) is 0 Å². The van der Waals surface area contributed by atoms with Crippen LogP contribution in [0.4, 0.5) is 0 Å². The number of hydrogen-bond donors (Lipinski definition) is 0. The molecule has 1 amide bonds. The fourth-order valence-corrected chi connectivity index (χ4v) is 2.44. The molecule has 0 atom stereocenters. The highest BCUT2D eigenvalue weighted by Gasteiger charge is 2.21. The van der Waals surface area contributed by atoms with E-state index in [1.54, 1.807) is 19.9 Å². The van der Waals surface area contributed by atoms with Gasteiger partial charge < -0.3 is 14.1 Å². The number of benzene rings is 1. The average molecular weight is 354 g/mol. The van der Waals surface area contributed by atoms with Crippen LogP contribution in [0.25, 0.3) is 11.0 Å². The Hall–Kier alpha value is -1.82. The SMILES string of the molecule is CCOC(=O)CN(CC)C(=O)c1cc2cccc(Br)c2o1. The molecular weight excluding hydrogens is 338 g/mol. The van der Waals surface area contributed by atoms with Gasteiger partial charge in [0.25, 0.3) is 5.91 Å². The van der Waals surface area contributed by atoms with Gasteiger partial charge in [0.1, 0.15) is 12.1 Å². The van der Waals surface area contributed by atoms with Crippen LogP contribution in [0.1, 0.15) is 24.4 Å². The maximum absolute atomic E-state index is 12.4. The zero-order valence-electron chi connectivity index (χ0n) is 11.9. The van der Waals surface area contributed by atoms with E-state index in [0.29, 0.717) is 18.7 Å². The van der Waals surface area contributed by atoms with Crippen LogP contribution >= 0.6 is 15.9 Å². The number of para-hydroxylation sites is 1. The monoisotopic (exact) mass is 353 g/mol. The van der Waals surface area contributed by atoms with Gasteiger partial charge in [0, 0.05) is 11.9 Å². The van der Waals surface area contributed by atoms with Gasteiger partial charge in [0.05, 0.1) is 11.1 Å². The second-order valence-corrected chi connectivity index (χ2v) is 5.25. The second-order valence-electron chi connectivity index (χ2n) is 4.39. The maximum atomic E-state index is 12.4. The van der Waals surface area contributed by atoms with Crippen molar-refractivity contribution >= 4 is 38.8 Å². The van der Waals surface area contributed by atoms with Gasteiger partial charge in [0.15, 0.2) is 5.76 Å². The standard InChI is InChI=1S/C15H16BrNO4/c1-3-17(9-13(18)20-4-2)15(19)12-8-10-6-5-7-11(16)14(10)21-12/h5-8H,3-4,9H2,1-2H3. The van der Waals surface area contributed by atoms with Gasteiger partial charge in [-0.15, -0.1) is 0 Å². The first-order valence-corrected chi connectivity index (χ1v) is 7.49. The van der Waals surface area contributed by atoms with E-state index < -0.39 is 5.97 Å². The number of fused-ring (bicyclic) bond motifs is 1. The quantitative estimate of drug-likeness (QED) is 0.774. The highest BCUT2D eigenvalue weighted by Crippen LogP contribution is 2.27. The topological polar surface area (TPSA) is 59.8 Å². The van der Waals surface area contributed by atoms with Crippen molar-refractivity contribution in [3.63, 3.8) is 0 Å². The number of carbonyl (C=O) groups excluding carboxylic acids is 2. The van der Waals surface area contributed by atoms with E-state index in [-0.39, 0.29) is 18.2 Å². The summed E-state index contributed by atoms with van der Waals surface area (Å²) < 4.78 is 11.2. The summed E-state index contributed by atoms with van der Waals surface area (Å²) in [6, 6.07) is 7.25. The molecule has 0 fully saturated rings. The Morgan fingerprint density at radius 3 is 2.71 bits per heavy atom. The lowest BCUT2D eigenvalue weighted by atomic mass is 10.2. The molecule has 0 bridgehead atoms. The molecule has 0 saturated heterocycles. The van der Waals surface area contributed by atoms with Crippen molar-refractivity contribution in [2.45, 2.75) is 13.8 Å². The molecule has 2 rings (SSSR count). The number of hydrogen-bond acceptors (Lipinski definition) is 4. The van der Waals surface area contributed by atoms with Crippen LogP contribution in [-0.2, 0) is 9.53 Å². The number of nitrogens with zero attached hydrogens (tertiary/aromatic N) is 1. The molecular formula is C15H16BrNO4. The minimum absolute atomic E-state index is 0.0820. The maximum Gasteiger partial charge on any atom is 0.325 e. The van der Waals surface area contributed by atoms with Crippen molar-refractivity contribution in [2.75, 3.05) is 19.7 Å². The van der Waals surface area contributed by atoms with Gasteiger partial charge >= 0.3 is 5.97 Å². The van der Waals surface area contributed by atoms with Gasteiger partial charge in [-0.05, 0) is 41.9 Å². The summed E-state index contributed by atoms with van der Waals surface area (Å²) in [4.78, 5) is 25.3. The van der Waals surface area contributed by atoms with Crippen molar-refractivity contribution < 1.29 is 18.7 Å². The van der Waals surface area contributed by atoms with Crippen molar-refractivity contribution in [1.82, 2.24) is 4.90 Å². The average Bonchev–Trinajstić information content (AvgIpc) is 2.90. The molecule has 0 saturated carbocycles. The fourth-order valence-electron chi connectivity index (χ4n) is 1.98. The third-order valence-corrected chi connectivity index (χ3v) is 3.63. The van der Waals surface area contributed by atoms with E-state index in [9.17, 15) is 9.59 Å². The van der Waals surface area contributed by atoms with Crippen molar-refractivity contribution in [1.29, 1.82) is 0 Å². The molecule has 21 heavy (non-hydrogen) atoms. The Kier molecular flexibility index (Phi) is 5.01. The number of esters is 1. The number of carbonyl (C=O) groups is 2. The largest absolute Gasteiger partial charge is 0.465 e. The summed E-state index contributed by atoms with van der Waals surface area (Å²) in [6.07, 6.45) is 0. The Morgan fingerprint density at radius 2 is 2.10 bits per heavy atom. The zero-order chi connectivity index (χ0) is 15.4. The lowest BCUT2D eigenvalue weighted by molar-refractivity contribution is -0.143. The van der Waals surface area contributed by atoms with Crippen LogP contribution in [0, 0.1) is 0 Å². The Labute approximate surface area is 131 Å². The first kappa shape index (κ1) is 15.6. The number of likely N-dealkylation sites (N-methyl/N-ethyl adjacent to an activating group) is 1. The molecule has 1 aromatic heterocycles. The molecule has 6 heteroatoms. The number of halogens is 1. The van der Waals surface area contributed by atoms with Crippen LogP contribution in [-0.4, -0.2) is 36.5 Å². The van der Waals surface area contributed by atoms with Crippen LogP contribution in [0.15, 0.2) is 33.2 Å². The highest BCUT2D eigenvalue weighted by atomic mass is 79.9. The summed E-state index contributed by atoms with van der Waals surface area (Å²) in [5.74, 6) is -0.540. The predicted molar refractivity (Wildman–Crippen MR) is 82.1 cm³/mol. The molecule has 0 aliphatic heterocycles. The zero-order valence-corrected chi connectivity index (χ0v) is 13.5. The Morgan fingerprint density at radius 1 is 1.33 bits per heavy atom. The predicted octanol–water partition coefficient (Wildman–Crippen LogP) is 3.22. The third-order valence-electron chi connectivity index (χ3n) is 3.00. The minimum atomic E-state index is -0.426.